The number of rotatable bonds is 4. The Hall–Kier alpha value is -0.340. The number of thiophene rings is 1. The first-order valence-electron chi connectivity index (χ1n) is 6.61. The highest BCUT2D eigenvalue weighted by molar-refractivity contribution is 7.12. The summed E-state index contributed by atoms with van der Waals surface area (Å²) in [6.07, 6.45) is 4.46. The van der Waals surface area contributed by atoms with Crippen LogP contribution in [-0.2, 0) is 0 Å². The number of fused-ring (bicyclic) bond motifs is 1. The van der Waals surface area contributed by atoms with Crippen molar-refractivity contribution in [3.8, 4) is 0 Å². The van der Waals surface area contributed by atoms with Crippen molar-refractivity contribution in [3.05, 3.63) is 21.9 Å². The normalized spacial score (nSPS) is 33.8. The molecule has 3 rings (SSSR count). The predicted molar refractivity (Wildman–Crippen MR) is 69.8 cm³/mol. The molecule has 0 spiro atoms. The van der Waals surface area contributed by atoms with Gasteiger partial charge in [0.1, 0.15) is 0 Å². The quantitative estimate of drug-likeness (QED) is 0.838. The Morgan fingerprint density at radius 1 is 1.38 bits per heavy atom. The molecule has 1 aromatic heterocycles. The van der Waals surface area contributed by atoms with Gasteiger partial charge in [0.05, 0.1) is 0 Å². The maximum Gasteiger partial charge on any atom is 0.0448 e. The molecule has 88 valence electrons. The van der Waals surface area contributed by atoms with Gasteiger partial charge in [-0.2, -0.15) is 0 Å². The Balaban J connectivity index is 1.77. The molecule has 1 heterocycles. The number of hydrogen-bond acceptors (Lipinski definition) is 2. The second-order valence-corrected chi connectivity index (χ2v) is 6.64. The summed E-state index contributed by atoms with van der Waals surface area (Å²) < 4.78 is 0. The third-order valence-corrected chi connectivity index (χ3v) is 5.43. The van der Waals surface area contributed by atoms with E-state index in [0.717, 1.165) is 24.3 Å². The zero-order valence-corrected chi connectivity index (χ0v) is 11.0. The molecule has 0 aliphatic heterocycles. The van der Waals surface area contributed by atoms with Crippen LogP contribution in [0.4, 0.5) is 0 Å². The smallest absolute Gasteiger partial charge is 0.0448 e. The van der Waals surface area contributed by atoms with Crippen molar-refractivity contribution in [1.82, 2.24) is 5.32 Å². The lowest BCUT2D eigenvalue weighted by molar-refractivity contribution is 0.431. The van der Waals surface area contributed by atoms with Crippen LogP contribution in [0.1, 0.15) is 42.0 Å². The number of hydrogen-bond donors (Lipinski definition) is 1. The van der Waals surface area contributed by atoms with Crippen LogP contribution in [0.2, 0.25) is 0 Å². The first-order chi connectivity index (χ1) is 7.81. The molecule has 2 aliphatic rings. The maximum absolute atomic E-state index is 3.71. The lowest BCUT2D eigenvalue weighted by atomic mass is 10.0. The number of aryl methyl sites for hydroxylation is 1. The standard InChI is InChI=1S/C14H21NS/c1-3-15-14(12-8-7-9(2)16-12)13-10-5-4-6-11(10)13/h7-8,10-11,13-15H,3-6H2,1-2H3. The first-order valence-corrected chi connectivity index (χ1v) is 7.42. The molecule has 1 N–H and O–H groups in total. The molecule has 0 amide bonds. The molecule has 0 bridgehead atoms. The van der Waals surface area contributed by atoms with Crippen molar-refractivity contribution in [2.75, 3.05) is 6.54 Å². The Labute approximate surface area is 102 Å². The Kier molecular flexibility index (Phi) is 2.80. The highest BCUT2D eigenvalue weighted by Gasteiger charge is 2.56. The third kappa shape index (κ3) is 1.72. The van der Waals surface area contributed by atoms with Crippen molar-refractivity contribution >= 4 is 11.3 Å². The molecular weight excluding hydrogens is 214 g/mol. The molecule has 3 atom stereocenters. The van der Waals surface area contributed by atoms with Crippen molar-refractivity contribution < 1.29 is 0 Å². The molecule has 2 heteroatoms. The van der Waals surface area contributed by atoms with E-state index in [0.29, 0.717) is 6.04 Å². The van der Waals surface area contributed by atoms with Gasteiger partial charge in [0, 0.05) is 15.8 Å². The molecule has 2 saturated carbocycles. The van der Waals surface area contributed by atoms with Crippen molar-refractivity contribution in [2.24, 2.45) is 17.8 Å². The average molecular weight is 235 g/mol. The van der Waals surface area contributed by atoms with Gasteiger partial charge in [0.2, 0.25) is 0 Å². The summed E-state index contributed by atoms with van der Waals surface area (Å²) in [5.74, 6) is 3.05. The molecular formula is C14H21NS. The van der Waals surface area contributed by atoms with E-state index in [9.17, 15) is 0 Å². The fourth-order valence-electron chi connectivity index (χ4n) is 3.64. The summed E-state index contributed by atoms with van der Waals surface area (Å²) in [7, 11) is 0. The van der Waals surface area contributed by atoms with Crippen molar-refractivity contribution in [1.29, 1.82) is 0 Å². The van der Waals surface area contributed by atoms with Gasteiger partial charge in [0.15, 0.2) is 0 Å². The summed E-state index contributed by atoms with van der Waals surface area (Å²) in [5.41, 5.74) is 0. The van der Waals surface area contributed by atoms with Crippen LogP contribution >= 0.6 is 11.3 Å². The lowest BCUT2D eigenvalue weighted by Gasteiger charge is -2.18. The molecule has 3 unspecified atom stereocenters. The molecule has 1 nitrogen and oxygen atoms in total. The van der Waals surface area contributed by atoms with Gasteiger partial charge in [-0.25, -0.2) is 0 Å². The van der Waals surface area contributed by atoms with Crippen molar-refractivity contribution in [3.63, 3.8) is 0 Å². The number of nitrogens with one attached hydrogen (secondary N) is 1. The molecule has 0 aromatic carbocycles. The summed E-state index contributed by atoms with van der Waals surface area (Å²) in [5, 5.41) is 3.71. The summed E-state index contributed by atoms with van der Waals surface area (Å²) >= 11 is 1.98. The molecule has 1 aromatic rings. The topological polar surface area (TPSA) is 12.0 Å². The van der Waals surface area contributed by atoms with Crippen LogP contribution in [0.15, 0.2) is 12.1 Å². The minimum Gasteiger partial charge on any atom is -0.309 e. The van der Waals surface area contributed by atoms with Crippen LogP contribution in [0.3, 0.4) is 0 Å². The second-order valence-electron chi connectivity index (χ2n) is 5.32. The van der Waals surface area contributed by atoms with E-state index in [1.807, 2.05) is 11.3 Å². The highest BCUT2D eigenvalue weighted by atomic mass is 32.1. The molecule has 16 heavy (non-hydrogen) atoms. The van der Waals surface area contributed by atoms with E-state index in [-0.39, 0.29) is 0 Å². The average Bonchev–Trinajstić information content (AvgIpc) is 2.70. The van der Waals surface area contributed by atoms with Gasteiger partial charge < -0.3 is 5.32 Å². The van der Waals surface area contributed by atoms with Crippen LogP contribution in [-0.4, -0.2) is 6.54 Å². The van der Waals surface area contributed by atoms with E-state index >= 15 is 0 Å². The maximum atomic E-state index is 3.71. The van der Waals surface area contributed by atoms with Crippen LogP contribution in [0.5, 0.6) is 0 Å². The van der Waals surface area contributed by atoms with Crippen LogP contribution in [0, 0.1) is 24.7 Å². The monoisotopic (exact) mass is 235 g/mol. The van der Waals surface area contributed by atoms with E-state index in [4.69, 9.17) is 0 Å². The SMILES string of the molecule is CCNC(c1ccc(C)s1)C1C2CCCC21. The van der Waals surface area contributed by atoms with E-state index in [2.05, 4.69) is 31.3 Å². The van der Waals surface area contributed by atoms with Gasteiger partial charge >= 0.3 is 0 Å². The zero-order valence-electron chi connectivity index (χ0n) is 10.2. The van der Waals surface area contributed by atoms with Gasteiger partial charge in [-0.1, -0.05) is 13.3 Å². The lowest BCUT2D eigenvalue weighted by Crippen LogP contribution is -2.23. The Morgan fingerprint density at radius 2 is 2.12 bits per heavy atom. The first kappa shape index (κ1) is 10.8. The summed E-state index contributed by atoms with van der Waals surface area (Å²) in [6, 6.07) is 5.25. The predicted octanol–water partition coefficient (Wildman–Crippen LogP) is 3.75. The van der Waals surface area contributed by atoms with Crippen LogP contribution in [0.25, 0.3) is 0 Å². The third-order valence-electron chi connectivity index (χ3n) is 4.35. The molecule has 2 aliphatic carbocycles. The van der Waals surface area contributed by atoms with E-state index in [1.165, 1.54) is 24.1 Å². The molecule has 0 radical (unpaired) electrons. The minimum atomic E-state index is 0.652. The summed E-state index contributed by atoms with van der Waals surface area (Å²) in [6.45, 7) is 5.54. The van der Waals surface area contributed by atoms with E-state index in [1.54, 1.807) is 4.88 Å². The van der Waals surface area contributed by atoms with Gasteiger partial charge in [0.25, 0.3) is 0 Å². The minimum absolute atomic E-state index is 0.652. The van der Waals surface area contributed by atoms with Crippen LogP contribution < -0.4 is 5.32 Å². The van der Waals surface area contributed by atoms with Gasteiger partial charge in [-0.05, 0) is 56.2 Å². The molecule has 2 fully saturated rings. The molecule has 0 saturated heterocycles. The fraction of sp³-hybridized carbons (Fsp3) is 0.714. The second kappa shape index (κ2) is 4.15. The van der Waals surface area contributed by atoms with Gasteiger partial charge in [-0.3, -0.25) is 0 Å². The summed E-state index contributed by atoms with van der Waals surface area (Å²) in [4.78, 5) is 3.02. The Bertz CT molecular complexity index is 361. The highest BCUT2D eigenvalue weighted by Crippen LogP contribution is 2.62. The van der Waals surface area contributed by atoms with Crippen molar-refractivity contribution in [2.45, 2.75) is 39.2 Å². The Morgan fingerprint density at radius 3 is 2.69 bits per heavy atom. The fourth-order valence-corrected chi connectivity index (χ4v) is 4.65. The zero-order chi connectivity index (χ0) is 11.1. The largest absolute Gasteiger partial charge is 0.309 e. The van der Waals surface area contributed by atoms with Gasteiger partial charge in [-0.15, -0.1) is 11.3 Å². The van der Waals surface area contributed by atoms with E-state index < -0.39 is 0 Å².